The molecule has 0 bridgehead atoms. The zero-order valence-corrected chi connectivity index (χ0v) is 14.6. The van der Waals surface area contributed by atoms with Gasteiger partial charge in [0.2, 0.25) is 0 Å². The van der Waals surface area contributed by atoms with Crippen molar-refractivity contribution in [2.45, 2.75) is 13.0 Å². The van der Waals surface area contributed by atoms with Crippen LogP contribution in [0.4, 0.5) is 0 Å². The lowest BCUT2D eigenvalue weighted by Crippen LogP contribution is -2.16. The number of aromatic hydroxyl groups is 1. The second-order valence-corrected chi connectivity index (χ2v) is 6.61. The Labute approximate surface area is 140 Å². The third kappa shape index (κ3) is 4.48. The second kappa shape index (κ2) is 7.46. The van der Waals surface area contributed by atoms with E-state index in [1.54, 1.807) is 0 Å². The molecule has 0 amide bonds. The van der Waals surface area contributed by atoms with E-state index in [1.165, 1.54) is 5.56 Å². The summed E-state index contributed by atoms with van der Waals surface area (Å²) in [6.45, 7) is 1.64. The molecule has 2 aromatic rings. The van der Waals surface area contributed by atoms with Crippen LogP contribution in [0.2, 0.25) is 5.02 Å². The quantitative estimate of drug-likeness (QED) is 0.676. The molecule has 0 atom stereocenters. The molecule has 2 rings (SSSR count). The van der Waals surface area contributed by atoms with Gasteiger partial charge < -0.3 is 10.4 Å². The Balaban J connectivity index is 1.83. The van der Waals surface area contributed by atoms with Crippen molar-refractivity contribution < 1.29 is 5.11 Å². The molecular formula is C15H14Br2ClNO. The first-order chi connectivity index (χ1) is 9.56. The molecule has 0 saturated heterocycles. The first kappa shape index (κ1) is 15.8. The first-order valence-electron chi connectivity index (χ1n) is 6.18. The fourth-order valence-electron chi connectivity index (χ4n) is 1.84. The van der Waals surface area contributed by atoms with Gasteiger partial charge in [0.15, 0.2) is 0 Å². The maximum Gasteiger partial charge on any atom is 0.143 e. The van der Waals surface area contributed by atoms with E-state index in [0.717, 1.165) is 30.1 Å². The van der Waals surface area contributed by atoms with Crippen LogP contribution < -0.4 is 5.32 Å². The van der Waals surface area contributed by atoms with Gasteiger partial charge in [0.25, 0.3) is 0 Å². The summed E-state index contributed by atoms with van der Waals surface area (Å²) in [5, 5.41) is 13.8. The summed E-state index contributed by atoms with van der Waals surface area (Å²) in [6, 6.07) is 11.7. The number of hydrogen-bond acceptors (Lipinski definition) is 2. The third-order valence-electron chi connectivity index (χ3n) is 2.91. The zero-order chi connectivity index (χ0) is 14.5. The molecule has 5 heteroatoms. The molecule has 0 saturated carbocycles. The largest absolute Gasteiger partial charge is 0.506 e. The molecule has 106 valence electrons. The van der Waals surface area contributed by atoms with Crippen molar-refractivity contribution >= 4 is 43.5 Å². The predicted octanol–water partition coefficient (Wildman–Crippen LogP) is 4.90. The van der Waals surface area contributed by atoms with Gasteiger partial charge in [-0.25, -0.2) is 0 Å². The van der Waals surface area contributed by atoms with Gasteiger partial charge in [-0.3, -0.25) is 0 Å². The lowest BCUT2D eigenvalue weighted by molar-refractivity contribution is 0.468. The molecule has 0 aromatic heterocycles. The summed E-state index contributed by atoms with van der Waals surface area (Å²) >= 11 is 12.5. The number of phenolic OH excluding ortho intramolecular Hbond substituents is 1. The van der Waals surface area contributed by atoms with E-state index in [2.05, 4.69) is 37.2 Å². The Morgan fingerprint density at radius 3 is 2.20 bits per heavy atom. The molecule has 2 aromatic carbocycles. The Morgan fingerprint density at radius 1 is 1.00 bits per heavy atom. The van der Waals surface area contributed by atoms with E-state index in [1.807, 2.05) is 36.4 Å². The maximum atomic E-state index is 9.65. The Hall–Kier alpha value is -0.550. The van der Waals surface area contributed by atoms with Gasteiger partial charge >= 0.3 is 0 Å². The highest BCUT2D eigenvalue weighted by Crippen LogP contribution is 2.33. The number of halogens is 3. The highest BCUT2D eigenvalue weighted by atomic mass is 79.9. The number of hydrogen-bond donors (Lipinski definition) is 2. The van der Waals surface area contributed by atoms with Crippen molar-refractivity contribution in [3.8, 4) is 5.75 Å². The number of rotatable bonds is 5. The molecule has 2 N–H and O–H groups in total. The van der Waals surface area contributed by atoms with Crippen LogP contribution >= 0.6 is 43.5 Å². The SMILES string of the molecule is Oc1c(Br)cc(CNCCc2ccc(Cl)cc2)cc1Br. The van der Waals surface area contributed by atoms with E-state index >= 15 is 0 Å². The molecule has 0 radical (unpaired) electrons. The minimum Gasteiger partial charge on any atom is -0.506 e. The van der Waals surface area contributed by atoms with Gasteiger partial charge in [-0.15, -0.1) is 0 Å². The van der Waals surface area contributed by atoms with Gasteiger partial charge in [-0.1, -0.05) is 23.7 Å². The Bertz CT molecular complexity index is 564. The normalized spacial score (nSPS) is 10.8. The fourth-order valence-corrected chi connectivity index (χ4v) is 3.24. The maximum absolute atomic E-state index is 9.65. The van der Waals surface area contributed by atoms with Crippen LogP contribution in [-0.2, 0) is 13.0 Å². The topological polar surface area (TPSA) is 32.3 Å². The number of nitrogens with one attached hydrogen (secondary N) is 1. The highest BCUT2D eigenvalue weighted by molar-refractivity contribution is 9.11. The lowest BCUT2D eigenvalue weighted by atomic mass is 10.1. The molecule has 0 fully saturated rings. The van der Waals surface area contributed by atoms with Crippen molar-refractivity contribution in [1.82, 2.24) is 5.32 Å². The Morgan fingerprint density at radius 2 is 1.60 bits per heavy atom. The van der Waals surface area contributed by atoms with Gasteiger partial charge in [-0.05, 0) is 80.2 Å². The molecule has 0 spiro atoms. The average Bonchev–Trinajstić information content (AvgIpc) is 2.43. The van der Waals surface area contributed by atoms with Crippen LogP contribution in [0.25, 0.3) is 0 Å². The van der Waals surface area contributed by atoms with Crippen LogP contribution in [-0.4, -0.2) is 11.7 Å². The van der Waals surface area contributed by atoms with Gasteiger partial charge in [-0.2, -0.15) is 0 Å². The summed E-state index contributed by atoms with van der Waals surface area (Å²) in [5.74, 6) is 0.231. The molecule has 0 aliphatic carbocycles. The lowest BCUT2D eigenvalue weighted by Gasteiger charge is -2.08. The summed E-state index contributed by atoms with van der Waals surface area (Å²) in [7, 11) is 0. The second-order valence-electron chi connectivity index (χ2n) is 4.46. The fraction of sp³-hybridized carbons (Fsp3) is 0.200. The van der Waals surface area contributed by atoms with E-state index in [4.69, 9.17) is 11.6 Å². The summed E-state index contributed by atoms with van der Waals surface area (Å²) < 4.78 is 1.39. The zero-order valence-electron chi connectivity index (χ0n) is 10.7. The molecule has 20 heavy (non-hydrogen) atoms. The monoisotopic (exact) mass is 417 g/mol. The highest BCUT2D eigenvalue weighted by Gasteiger charge is 2.05. The molecule has 0 aliphatic rings. The van der Waals surface area contributed by atoms with Gasteiger partial charge in [0, 0.05) is 11.6 Å². The van der Waals surface area contributed by atoms with Crippen LogP contribution in [0.5, 0.6) is 5.75 Å². The Kier molecular flexibility index (Phi) is 5.90. The van der Waals surface area contributed by atoms with Crippen molar-refractivity contribution in [3.05, 3.63) is 61.5 Å². The van der Waals surface area contributed by atoms with Crippen LogP contribution in [0.3, 0.4) is 0 Å². The minimum absolute atomic E-state index is 0.231. The first-order valence-corrected chi connectivity index (χ1v) is 8.14. The van der Waals surface area contributed by atoms with Crippen molar-refractivity contribution in [2.24, 2.45) is 0 Å². The van der Waals surface area contributed by atoms with Crippen molar-refractivity contribution in [3.63, 3.8) is 0 Å². The molecule has 2 nitrogen and oxygen atoms in total. The van der Waals surface area contributed by atoms with Crippen LogP contribution in [0, 0.1) is 0 Å². The number of benzene rings is 2. The average molecular weight is 420 g/mol. The minimum atomic E-state index is 0.231. The third-order valence-corrected chi connectivity index (χ3v) is 4.37. The standard InChI is InChI=1S/C15H14Br2ClNO/c16-13-7-11(8-14(17)15(13)20)9-19-6-5-10-1-3-12(18)4-2-10/h1-4,7-8,19-20H,5-6,9H2. The molecular weight excluding hydrogens is 405 g/mol. The van der Waals surface area contributed by atoms with Crippen molar-refractivity contribution in [2.75, 3.05) is 6.54 Å². The smallest absolute Gasteiger partial charge is 0.143 e. The molecule has 0 unspecified atom stereocenters. The molecule has 0 heterocycles. The predicted molar refractivity (Wildman–Crippen MR) is 90.4 cm³/mol. The van der Waals surface area contributed by atoms with Gasteiger partial charge in [0.1, 0.15) is 5.75 Å². The summed E-state index contributed by atoms with van der Waals surface area (Å²) in [4.78, 5) is 0. The van der Waals surface area contributed by atoms with Crippen LogP contribution in [0.15, 0.2) is 45.3 Å². The number of phenols is 1. The van der Waals surface area contributed by atoms with E-state index in [-0.39, 0.29) is 5.75 Å². The van der Waals surface area contributed by atoms with E-state index in [0.29, 0.717) is 8.95 Å². The van der Waals surface area contributed by atoms with Crippen molar-refractivity contribution in [1.29, 1.82) is 0 Å². The summed E-state index contributed by atoms with van der Waals surface area (Å²) in [6.07, 6.45) is 0.956. The van der Waals surface area contributed by atoms with Gasteiger partial charge in [0.05, 0.1) is 8.95 Å². The van der Waals surface area contributed by atoms with E-state index < -0.39 is 0 Å². The van der Waals surface area contributed by atoms with Crippen LogP contribution in [0.1, 0.15) is 11.1 Å². The summed E-state index contributed by atoms with van der Waals surface area (Å²) in [5.41, 5.74) is 2.37. The molecule has 0 aliphatic heterocycles. The van der Waals surface area contributed by atoms with E-state index in [9.17, 15) is 5.11 Å².